The highest BCUT2D eigenvalue weighted by molar-refractivity contribution is 5.62. The number of hydrogen-bond donors (Lipinski definition) is 1. The fourth-order valence-electron chi connectivity index (χ4n) is 1.43. The molecule has 1 unspecified atom stereocenters. The van der Waals surface area contributed by atoms with Gasteiger partial charge in [0.1, 0.15) is 0 Å². The first-order chi connectivity index (χ1) is 7.22. The van der Waals surface area contributed by atoms with Gasteiger partial charge in [0.25, 0.3) is 0 Å². The van der Waals surface area contributed by atoms with Crippen LogP contribution in [-0.4, -0.2) is 18.0 Å². The second-order valence-electron chi connectivity index (χ2n) is 3.14. The first kappa shape index (κ1) is 9.71. The van der Waals surface area contributed by atoms with Crippen LogP contribution in [0.1, 0.15) is 18.6 Å². The first-order valence-electron chi connectivity index (χ1n) is 4.42. The van der Waals surface area contributed by atoms with E-state index in [1.807, 2.05) is 0 Å². The molecule has 5 nitrogen and oxygen atoms in total. The first-order valence-corrected chi connectivity index (χ1v) is 4.42. The highest BCUT2D eigenvalue weighted by Gasteiger charge is 2.19. The fraction of sp³-hybridized carbons (Fsp3) is 0.300. The molecule has 1 aromatic carbocycles. The third-order valence-electron chi connectivity index (χ3n) is 2.14. The van der Waals surface area contributed by atoms with E-state index in [-0.39, 0.29) is 6.79 Å². The zero-order valence-electron chi connectivity index (χ0n) is 8.06. The van der Waals surface area contributed by atoms with E-state index in [1.165, 1.54) is 6.08 Å². The summed E-state index contributed by atoms with van der Waals surface area (Å²) in [4.78, 5) is 13.7. The average Bonchev–Trinajstić information content (AvgIpc) is 2.63. The van der Waals surface area contributed by atoms with Crippen LogP contribution in [0.3, 0.4) is 0 Å². The van der Waals surface area contributed by atoms with Gasteiger partial charge < -0.3 is 14.6 Å². The molecular formula is C10H9NO4. The second kappa shape index (κ2) is 3.73. The minimum atomic E-state index is -0.730. The second-order valence-corrected chi connectivity index (χ2v) is 3.14. The van der Waals surface area contributed by atoms with Crippen molar-refractivity contribution in [2.24, 2.45) is 4.99 Å². The number of benzene rings is 1. The molecule has 1 atom stereocenters. The average molecular weight is 207 g/mol. The summed E-state index contributed by atoms with van der Waals surface area (Å²) in [7, 11) is 0. The monoisotopic (exact) mass is 207 g/mol. The van der Waals surface area contributed by atoms with Crippen LogP contribution in [0.2, 0.25) is 0 Å². The van der Waals surface area contributed by atoms with Gasteiger partial charge in [-0.15, -0.1) is 0 Å². The van der Waals surface area contributed by atoms with Gasteiger partial charge in [0, 0.05) is 11.6 Å². The summed E-state index contributed by atoms with van der Waals surface area (Å²) in [6.45, 7) is 1.73. The Morgan fingerprint density at radius 1 is 1.47 bits per heavy atom. The number of hydrogen-bond acceptors (Lipinski definition) is 5. The Hall–Kier alpha value is -1.84. The molecule has 0 radical (unpaired) electrons. The number of aliphatic hydroxyl groups is 1. The maximum Gasteiger partial charge on any atom is 0.240 e. The Kier molecular flexibility index (Phi) is 2.41. The van der Waals surface area contributed by atoms with Crippen molar-refractivity contribution >= 4 is 11.8 Å². The topological polar surface area (TPSA) is 68.1 Å². The van der Waals surface area contributed by atoms with Crippen molar-refractivity contribution in [3.63, 3.8) is 0 Å². The van der Waals surface area contributed by atoms with E-state index < -0.39 is 6.10 Å². The zero-order chi connectivity index (χ0) is 10.8. The molecule has 0 aromatic heterocycles. The van der Waals surface area contributed by atoms with E-state index in [0.29, 0.717) is 22.7 Å². The van der Waals surface area contributed by atoms with Crippen molar-refractivity contribution in [2.75, 3.05) is 6.79 Å². The molecule has 1 aromatic rings. The largest absolute Gasteiger partial charge is 0.454 e. The number of carbonyl (C=O) groups excluding carboxylic acids is 1. The molecule has 0 saturated carbocycles. The molecule has 2 rings (SSSR count). The van der Waals surface area contributed by atoms with Crippen LogP contribution in [0.5, 0.6) is 11.5 Å². The summed E-state index contributed by atoms with van der Waals surface area (Å²) in [5, 5.41) is 9.48. The third kappa shape index (κ3) is 1.70. The Morgan fingerprint density at radius 3 is 2.73 bits per heavy atom. The quantitative estimate of drug-likeness (QED) is 0.588. The van der Waals surface area contributed by atoms with Crippen molar-refractivity contribution in [2.45, 2.75) is 13.0 Å². The predicted octanol–water partition coefficient (Wildman–Crippen LogP) is 1.44. The minimum Gasteiger partial charge on any atom is -0.454 e. The van der Waals surface area contributed by atoms with Gasteiger partial charge in [0.15, 0.2) is 11.5 Å². The van der Waals surface area contributed by atoms with Crippen molar-refractivity contribution in [1.82, 2.24) is 0 Å². The highest BCUT2D eigenvalue weighted by Crippen LogP contribution is 2.40. The van der Waals surface area contributed by atoms with Crippen molar-refractivity contribution < 1.29 is 19.4 Å². The summed E-state index contributed by atoms with van der Waals surface area (Å²) in [5.41, 5.74) is 0.867. The molecule has 15 heavy (non-hydrogen) atoms. The lowest BCUT2D eigenvalue weighted by atomic mass is 10.1. The zero-order valence-corrected chi connectivity index (χ0v) is 8.06. The Balaban J connectivity index is 2.56. The molecular weight excluding hydrogens is 198 g/mol. The van der Waals surface area contributed by atoms with Crippen LogP contribution in [0.25, 0.3) is 0 Å². The van der Waals surface area contributed by atoms with E-state index in [9.17, 15) is 9.90 Å². The SMILES string of the molecule is CC(O)c1cc2c(cc1N=C=O)OCO2. The lowest BCUT2D eigenvalue weighted by Crippen LogP contribution is -1.93. The molecule has 0 spiro atoms. The third-order valence-corrected chi connectivity index (χ3v) is 2.14. The molecule has 1 aliphatic rings. The van der Waals surface area contributed by atoms with Crippen LogP contribution >= 0.6 is 0 Å². The van der Waals surface area contributed by atoms with Gasteiger partial charge >= 0.3 is 0 Å². The molecule has 0 saturated heterocycles. The number of aliphatic hydroxyl groups excluding tert-OH is 1. The number of nitrogens with zero attached hydrogens (tertiary/aromatic N) is 1. The Labute approximate surface area is 86.0 Å². The smallest absolute Gasteiger partial charge is 0.240 e. The minimum absolute atomic E-state index is 0.142. The van der Waals surface area contributed by atoms with Crippen LogP contribution < -0.4 is 9.47 Å². The van der Waals surface area contributed by atoms with Gasteiger partial charge in [-0.1, -0.05) is 0 Å². The number of isocyanates is 1. The van der Waals surface area contributed by atoms with Crippen LogP contribution in [0.15, 0.2) is 17.1 Å². The van der Waals surface area contributed by atoms with E-state index >= 15 is 0 Å². The summed E-state index contributed by atoms with van der Waals surface area (Å²) in [6.07, 6.45) is 0.708. The van der Waals surface area contributed by atoms with Gasteiger partial charge in [-0.25, -0.2) is 4.79 Å². The predicted molar refractivity (Wildman–Crippen MR) is 51.0 cm³/mol. The number of ether oxygens (including phenoxy) is 2. The summed E-state index contributed by atoms with van der Waals surface area (Å²) < 4.78 is 10.3. The van der Waals surface area contributed by atoms with Gasteiger partial charge in [-0.05, 0) is 13.0 Å². The standard InChI is InChI=1S/C10H9NO4/c1-6(13)7-2-9-10(15-5-14-9)3-8(7)11-4-12/h2-3,6,13H,5H2,1H3. The van der Waals surface area contributed by atoms with Crippen molar-refractivity contribution in [3.8, 4) is 11.5 Å². The molecule has 0 aliphatic carbocycles. The molecule has 5 heteroatoms. The number of fused-ring (bicyclic) bond motifs is 1. The van der Waals surface area contributed by atoms with Crippen molar-refractivity contribution in [1.29, 1.82) is 0 Å². The Morgan fingerprint density at radius 2 is 2.13 bits per heavy atom. The molecule has 1 heterocycles. The maximum atomic E-state index is 10.2. The summed E-state index contributed by atoms with van der Waals surface area (Å²) in [6, 6.07) is 3.17. The molecule has 0 bridgehead atoms. The highest BCUT2D eigenvalue weighted by atomic mass is 16.7. The normalized spacial score (nSPS) is 14.5. The molecule has 78 valence electrons. The summed E-state index contributed by atoms with van der Waals surface area (Å²) >= 11 is 0. The van der Waals surface area contributed by atoms with E-state index in [0.717, 1.165) is 0 Å². The molecule has 1 aliphatic heterocycles. The van der Waals surface area contributed by atoms with Crippen LogP contribution in [0.4, 0.5) is 5.69 Å². The summed E-state index contributed by atoms with van der Waals surface area (Å²) in [5.74, 6) is 1.07. The van der Waals surface area contributed by atoms with Crippen LogP contribution in [-0.2, 0) is 4.79 Å². The number of aliphatic imine (C=N–C) groups is 1. The lowest BCUT2D eigenvalue weighted by molar-refractivity contribution is 0.173. The Bertz CT molecular complexity index is 435. The molecule has 0 amide bonds. The molecule has 1 N–H and O–H groups in total. The van der Waals surface area contributed by atoms with E-state index in [4.69, 9.17) is 9.47 Å². The van der Waals surface area contributed by atoms with Gasteiger partial charge in [-0.3, -0.25) is 0 Å². The fourth-order valence-corrected chi connectivity index (χ4v) is 1.43. The van der Waals surface area contributed by atoms with Crippen LogP contribution in [0, 0.1) is 0 Å². The van der Waals surface area contributed by atoms with E-state index in [1.54, 1.807) is 19.1 Å². The number of rotatable bonds is 2. The van der Waals surface area contributed by atoms with Gasteiger partial charge in [-0.2, -0.15) is 4.99 Å². The van der Waals surface area contributed by atoms with Gasteiger partial charge in [0.2, 0.25) is 12.9 Å². The lowest BCUT2D eigenvalue weighted by Gasteiger charge is -2.08. The van der Waals surface area contributed by atoms with Crippen molar-refractivity contribution in [3.05, 3.63) is 17.7 Å². The molecule has 0 fully saturated rings. The van der Waals surface area contributed by atoms with Gasteiger partial charge in [0.05, 0.1) is 11.8 Å². The van der Waals surface area contributed by atoms with E-state index in [2.05, 4.69) is 4.99 Å². The maximum absolute atomic E-state index is 10.2.